The van der Waals surface area contributed by atoms with Gasteiger partial charge in [-0.1, -0.05) is 97.1 Å². The third-order valence-electron chi connectivity index (χ3n) is 10.1. The van der Waals surface area contributed by atoms with E-state index in [1.807, 2.05) is 60.7 Å². The quantitative estimate of drug-likeness (QED) is 0.183. The second kappa shape index (κ2) is 11.2. The fourth-order valence-electron chi connectivity index (χ4n) is 7.63. The highest BCUT2D eigenvalue weighted by Crippen LogP contribution is 2.46. The van der Waals surface area contributed by atoms with Gasteiger partial charge in [0.05, 0.1) is 11.4 Å². The van der Waals surface area contributed by atoms with E-state index in [-0.39, 0.29) is 0 Å². The van der Waals surface area contributed by atoms with Crippen molar-refractivity contribution < 1.29 is 13.3 Å². The van der Waals surface area contributed by atoms with Gasteiger partial charge in [-0.05, 0) is 88.6 Å². The average molecular weight is 669 g/mol. The van der Waals surface area contributed by atoms with Crippen LogP contribution in [0.1, 0.15) is 0 Å². The Hall–Kier alpha value is -7.11. The van der Waals surface area contributed by atoms with Crippen LogP contribution in [0.5, 0.6) is 0 Å². The van der Waals surface area contributed by atoms with Crippen LogP contribution in [0.2, 0.25) is 0 Å². The molecule has 0 unspecified atom stereocenters. The monoisotopic (exact) mass is 668 g/mol. The Labute approximate surface area is 297 Å². The number of rotatable bonds is 5. The van der Waals surface area contributed by atoms with E-state index in [0.717, 1.165) is 83.2 Å². The summed E-state index contributed by atoms with van der Waals surface area (Å²) in [5, 5.41) is 6.57. The van der Waals surface area contributed by atoms with Crippen molar-refractivity contribution in [3.05, 3.63) is 170 Å². The first kappa shape index (κ1) is 28.7. The first-order valence-corrected chi connectivity index (χ1v) is 17.4. The average Bonchev–Trinajstić information content (AvgIpc) is 3.92. The highest BCUT2D eigenvalue weighted by atomic mass is 16.4. The van der Waals surface area contributed by atoms with E-state index in [4.69, 9.17) is 18.2 Å². The number of aromatic nitrogens is 1. The van der Waals surface area contributed by atoms with Gasteiger partial charge in [-0.3, -0.25) is 0 Å². The molecule has 3 heterocycles. The molecule has 0 radical (unpaired) electrons. The van der Waals surface area contributed by atoms with E-state index in [1.54, 1.807) is 0 Å². The summed E-state index contributed by atoms with van der Waals surface area (Å²) in [6.45, 7) is 0. The van der Waals surface area contributed by atoms with Gasteiger partial charge in [0.25, 0.3) is 0 Å². The molecule has 3 aromatic heterocycles. The van der Waals surface area contributed by atoms with Crippen LogP contribution in [0.3, 0.4) is 0 Å². The fourth-order valence-corrected chi connectivity index (χ4v) is 7.63. The van der Waals surface area contributed by atoms with Crippen LogP contribution in [0.15, 0.2) is 183 Å². The van der Waals surface area contributed by atoms with Crippen molar-refractivity contribution >= 4 is 82.8 Å². The summed E-state index contributed by atoms with van der Waals surface area (Å²) in [5.41, 5.74) is 10.9. The molecule has 0 bridgehead atoms. The molecular weight excluding hydrogens is 641 g/mol. The van der Waals surface area contributed by atoms with E-state index in [9.17, 15) is 0 Å². The zero-order valence-electron chi connectivity index (χ0n) is 27.8. The third-order valence-corrected chi connectivity index (χ3v) is 10.1. The summed E-state index contributed by atoms with van der Waals surface area (Å²) in [4.78, 5) is 7.09. The second-order valence-electron chi connectivity index (χ2n) is 13.1. The minimum Gasteiger partial charge on any atom is -0.456 e. The summed E-state index contributed by atoms with van der Waals surface area (Å²) in [6, 6.07) is 58.7. The lowest BCUT2D eigenvalue weighted by molar-refractivity contribution is 0.620. The molecule has 0 atom stereocenters. The molecule has 0 fully saturated rings. The van der Waals surface area contributed by atoms with Crippen molar-refractivity contribution in [1.82, 2.24) is 4.98 Å². The van der Waals surface area contributed by atoms with Crippen molar-refractivity contribution in [3.8, 4) is 22.6 Å². The van der Waals surface area contributed by atoms with Crippen LogP contribution in [0, 0.1) is 0 Å². The molecule has 5 nitrogen and oxygen atoms in total. The molecule has 11 rings (SSSR count). The highest BCUT2D eigenvalue weighted by Gasteiger charge is 2.23. The van der Waals surface area contributed by atoms with Gasteiger partial charge in [-0.15, -0.1) is 0 Å². The maximum atomic E-state index is 6.78. The number of anilines is 3. The van der Waals surface area contributed by atoms with Crippen molar-refractivity contribution in [2.45, 2.75) is 0 Å². The maximum absolute atomic E-state index is 6.78. The molecule has 0 N–H and O–H groups in total. The molecule has 52 heavy (non-hydrogen) atoms. The zero-order valence-corrected chi connectivity index (χ0v) is 27.8. The van der Waals surface area contributed by atoms with Gasteiger partial charge in [-0.25, -0.2) is 4.98 Å². The van der Waals surface area contributed by atoms with Crippen molar-refractivity contribution in [2.75, 3.05) is 4.90 Å². The lowest BCUT2D eigenvalue weighted by Gasteiger charge is -2.25. The molecule has 11 aromatic rings. The summed E-state index contributed by atoms with van der Waals surface area (Å²) < 4.78 is 19.4. The fraction of sp³-hybridized carbons (Fsp3) is 0. The SMILES string of the molecule is c1ccc2cc(-c3ccc(N(c4ccc5c(c4)oc4ccccc45)c4cccc5c4oc4cccc(-c6nc7ccccc7o6)c45)cc3)ccc2c1. The van der Waals surface area contributed by atoms with Gasteiger partial charge < -0.3 is 18.2 Å². The standard InChI is InChI=1S/C47H28N2O3/c1-2-10-31-27-32(20-19-29(31)9-1)30-21-23-33(24-22-30)49(34-25-26-36-35-11-3-5-16-41(35)50-44(36)28-34)40-15-7-12-37-45-38(13-8-18-43(45)51-46(37)40)47-48-39-14-4-6-17-42(39)52-47/h1-28H. The largest absolute Gasteiger partial charge is 0.456 e. The minimum absolute atomic E-state index is 0.566. The molecule has 0 aliphatic heterocycles. The van der Waals surface area contributed by atoms with Crippen molar-refractivity contribution in [2.24, 2.45) is 0 Å². The summed E-state index contributed by atoms with van der Waals surface area (Å²) in [6.07, 6.45) is 0. The summed E-state index contributed by atoms with van der Waals surface area (Å²) >= 11 is 0. The molecule has 0 aliphatic rings. The van der Waals surface area contributed by atoms with E-state index in [2.05, 4.69) is 114 Å². The lowest BCUT2D eigenvalue weighted by Crippen LogP contribution is -2.10. The first-order chi connectivity index (χ1) is 25.7. The molecule has 0 aliphatic carbocycles. The van der Waals surface area contributed by atoms with Gasteiger partial charge in [0.15, 0.2) is 11.2 Å². The Morgan fingerprint density at radius 2 is 1.13 bits per heavy atom. The van der Waals surface area contributed by atoms with Crippen LogP contribution < -0.4 is 4.90 Å². The molecule has 244 valence electrons. The number of hydrogen-bond donors (Lipinski definition) is 0. The van der Waals surface area contributed by atoms with Gasteiger partial charge >= 0.3 is 0 Å². The van der Waals surface area contributed by atoms with Crippen LogP contribution in [-0.2, 0) is 0 Å². The smallest absolute Gasteiger partial charge is 0.228 e. The second-order valence-corrected chi connectivity index (χ2v) is 13.1. The Kier molecular flexibility index (Phi) is 6.18. The zero-order chi connectivity index (χ0) is 34.2. The van der Waals surface area contributed by atoms with Crippen molar-refractivity contribution in [3.63, 3.8) is 0 Å². The van der Waals surface area contributed by atoms with Crippen molar-refractivity contribution in [1.29, 1.82) is 0 Å². The molecular formula is C47H28N2O3. The third kappa shape index (κ3) is 4.46. The lowest BCUT2D eigenvalue weighted by atomic mass is 10.0. The number of benzene rings is 8. The molecule has 0 amide bonds. The van der Waals surface area contributed by atoms with Crippen LogP contribution in [0.4, 0.5) is 17.1 Å². The van der Waals surface area contributed by atoms with Gasteiger partial charge in [0, 0.05) is 38.9 Å². The number of oxazole rings is 1. The predicted molar refractivity (Wildman–Crippen MR) is 212 cm³/mol. The van der Waals surface area contributed by atoms with Gasteiger partial charge in [0.2, 0.25) is 5.89 Å². The normalized spacial score (nSPS) is 11.8. The Balaban J connectivity index is 1.11. The highest BCUT2D eigenvalue weighted by molar-refractivity contribution is 6.15. The number of hydrogen-bond acceptors (Lipinski definition) is 5. The van der Waals surface area contributed by atoms with E-state index >= 15 is 0 Å². The maximum Gasteiger partial charge on any atom is 0.228 e. The first-order valence-electron chi connectivity index (χ1n) is 17.4. The Morgan fingerprint density at radius 3 is 2.04 bits per heavy atom. The van der Waals surface area contributed by atoms with Gasteiger partial charge in [0.1, 0.15) is 22.3 Å². The number of fused-ring (bicyclic) bond motifs is 8. The molecule has 5 heteroatoms. The molecule has 0 saturated heterocycles. The Morgan fingerprint density at radius 1 is 0.423 bits per heavy atom. The number of para-hydroxylation sites is 4. The van der Waals surface area contributed by atoms with E-state index in [0.29, 0.717) is 5.89 Å². The van der Waals surface area contributed by atoms with Crippen LogP contribution in [0.25, 0.3) is 88.3 Å². The molecule has 0 saturated carbocycles. The molecule has 0 spiro atoms. The number of furan rings is 2. The van der Waals surface area contributed by atoms with E-state index in [1.165, 1.54) is 16.3 Å². The summed E-state index contributed by atoms with van der Waals surface area (Å²) in [7, 11) is 0. The topological polar surface area (TPSA) is 55.6 Å². The molecule has 8 aromatic carbocycles. The Bertz CT molecular complexity index is 3110. The van der Waals surface area contributed by atoms with Crippen LogP contribution >= 0.6 is 0 Å². The number of nitrogens with zero attached hydrogens (tertiary/aromatic N) is 2. The van der Waals surface area contributed by atoms with Gasteiger partial charge in [-0.2, -0.15) is 0 Å². The summed E-state index contributed by atoms with van der Waals surface area (Å²) in [5.74, 6) is 0.566. The predicted octanol–water partition coefficient (Wildman–Crippen LogP) is 13.6. The minimum atomic E-state index is 0.566. The van der Waals surface area contributed by atoms with E-state index < -0.39 is 0 Å². The van der Waals surface area contributed by atoms with Crippen LogP contribution in [-0.4, -0.2) is 4.98 Å².